The van der Waals surface area contributed by atoms with Gasteiger partial charge in [0.25, 0.3) is 10.0 Å². The van der Waals surface area contributed by atoms with Crippen molar-refractivity contribution in [2.45, 2.75) is 67.5 Å². The largest absolute Gasteiger partial charge is 0.339 e. The SMILES string of the molecule is Cn1cnc(S(=O)(=O)NC2CC(c3ccc4c(c3)C(Cc3ccccc3)C(N3CCC3)CC4)C2)c1. The molecule has 2 aromatic carbocycles. The van der Waals surface area contributed by atoms with Crippen molar-refractivity contribution in [3.8, 4) is 0 Å². The van der Waals surface area contributed by atoms with E-state index < -0.39 is 10.0 Å². The Morgan fingerprint density at radius 1 is 1.09 bits per heavy atom. The van der Waals surface area contributed by atoms with Crippen LogP contribution in [0.3, 0.4) is 0 Å². The third kappa shape index (κ3) is 4.57. The molecule has 1 aliphatic heterocycles. The predicted octanol–water partition coefficient (Wildman–Crippen LogP) is 3.99. The fraction of sp³-hybridized carbons (Fsp3) is 0.464. The summed E-state index contributed by atoms with van der Waals surface area (Å²) in [4.78, 5) is 6.70. The average Bonchev–Trinajstić information content (AvgIpc) is 3.24. The van der Waals surface area contributed by atoms with E-state index in [-0.39, 0.29) is 11.1 Å². The summed E-state index contributed by atoms with van der Waals surface area (Å²) in [6.45, 7) is 2.46. The van der Waals surface area contributed by atoms with Gasteiger partial charge < -0.3 is 4.57 Å². The maximum atomic E-state index is 12.6. The first-order chi connectivity index (χ1) is 17.0. The molecule has 1 saturated heterocycles. The first kappa shape index (κ1) is 23.0. The van der Waals surface area contributed by atoms with Gasteiger partial charge in [-0.1, -0.05) is 48.5 Å². The molecule has 2 fully saturated rings. The van der Waals surface area contributed by atoms with Crippen molar-refractivity contribution in [1.29, 1.82) is 0 Å². The number of fused-ring (bicyclic) bond motifs is 1. The minimum Gasteiger partial charge on any atom is -0.339 e. The van der Waals surface area contributed by atoms with Crippen LogP contribution < -0.4 is 4.72 Å². The monoisotopic (exact) mass is 490 g/mol. The summed E-state index contributed by atoms with van der Waals surface area (Å²) in [5.74, 6) is 0.915. The third-order valence-corrected chi connectivity index (χ3v) is 9.69. The van der Waals surface area contributed by atoms with Gasteiger partial charge in [-0.05, 0) is 79.8 Å². The van der Waals surface area contributed by atoms with Gasteiger partial charge in [-0.3, -0.25) is 4.90 Å². The van der Waals surface area contributed by atoms with Gasteiger partial charge in [-0.15, -0.1) is 0 Å². The third-order valence-electron chi connectivity index (χ3n) is 8.29. The van der Waals surface area contributed by atoms with Crippen molar-refractivity contribution in [2.75, 3.05) is 13.1 Å². The van der Waals surface area contributed by atoms with Gasteiger partial charge >= 0.3 is 0 Å². The van der Waals surface area contributed by atoms with Gasteiger partial charge in [-0.25, -0.2) is 18.1 Å². The Kier molecular flexibility index (Phi) is 6.03. The number of sulfonamides is 1. The van der Waals surface area contributed by atoms with Crippen molar-refractivity contribution in [3.63, 3.8) is 0 Å². The maximum Gasteiger partial charge on any atom is 0.259 e. The van der Waals surface area contributed by atoms with E-state index in [2.05, 4.69) is 63.1 Å². The molecule has 0 bridgehead atoms. The topological polar surface area (TPSA) is 67.2 Å². The summed E-state index contributed by atoms with van der Waals surface area (Å²) in [5, 5.41) is 0.0954. The van der Waals surface area contributed by atoms with E-state index in [9.17, 15) is 8.42 Å². The molecule has 0 radical (unpaired) electrons. The minimum absolute atomic E-state index is 0.0306. The van der Waals surface area contributed by atoms with Crippen LogP contribution in [0, 0.1) is 0 Å². The van der Waals surface area contributed by atoms with Crippen LogP contribution in [0.5, 0.6) is 0 Å². The van der Waals surface area contributed by atoms with Gasteiger partial charge in [0.2, 0.25) is 0 Å². The van der Waals surface area contributed by atoms with E-state index in [0.717, 1.165) is 25.7 Å². The molecule has 1 saturated carbocycles. The molecule has 7 heteroatoms. The van der Waals surface area contributed by atoms with E-state index in [1.807, 2.05) is 0 Å². The maximum absolute atomic E-state index is 12.6. The first-order valence-electron chi connectivity index (χ1n) is 12.9. The van der Waals surface area contributed by atoms with Gasteiger partial charge in [0.05, 0.1) is 6.33 Å². The molecule has 0 amide bonds. The lowest BCUT2D eigenvalue weighted by molar-refractivity contribution is 0.0876. The number of likely N-dealkylation sites (tertiary alicyclic amines) is 1. The lowest BCUT2D eigenvalue weighted by Crippen LogP contribution is -2.50. The highest BCUT2D eigenvalue weighted by molar-refractivity contribution is 7.89. The zero-order chi connectivity index (χ0) is 24.0. The lowest BCUT2D eigenvalue weighted by atomic mass is 9.71. The first-order valence-corrected chi connectivity index (χ1v) is 14.4. The van der Waals surface area contributed by atoms with Gasteiger partial charge in [0, 0.05) is 31.2 Å². The molecular formula is C28H34N4O2S. The van der Waals surface area contributed by atoms with Crippen molar-refractivity contribution in [2.24, 2.45) is 7.05 Å². The summed E-state index contributed by atoms with van der Waals surface area (Å²) < 4.78 is 29.8. The van der Waals surface area contributed by atoms with Crippen LogP contribution in [-0.4, -0.2) is 48.0 Å². The Labute approximate surface area is 208 Å². The summed E-state index contributed by atoms with van der Waals surface area (Å²) in [7, 11) is -1.79. The van der Waals surface area contributed by atoms with Crippen molar-refractivity contribution < 1.29 is 8.42 Å². The van der Waals surface area contributed by atoms with E-state index in [0.29, 0.717) is 17.9 Å². The number of benzene rings is 2. The zero-order valence-corrected chi connectivity index (χ0v) is 21.1. The fourth-order valence-electron chi connectivity index (χ4n) is 6.17. The second kappa shape index (κ2) is 9.19. The molecule has 35 heavy (non-hydrogen) atoms. The molecule has 2 heterocycles. The zero-order valence-electron chi connectivity index (χ0n) is 20.3. The van der Waals surface area contributed by atoms with Crippen LogP contribution in [0.4, 0.5) is 0 Å². The van der Waals surface area contributed by atoms with Crippen LogP contribution in [0.25, 0.3) is 0 Å². The normalized spacial score (nSPS) is 26.5. The second-order valence-electron chi connectivity index (χ2n) is 10.6. The summed E-state index contributed by atoms with van der Waals surface area (Å²) in [5.41, 5.74) is 5.79. The highest BCUT2D eigenvalue weighted by Gasteiger charge is 2.38. The quantitative estimate of drug-likeness (QED) is 0.544. The Morgan fingerprint density at radius 3 is 2.57 bits per heavy atom. The highest BCUT2D eigenvalue weighted by atomic mass is 32.2. The van der Waals surface area contributed by atoms with E-state index in [1.54, 1.807) is 17.8 Å². The molecule has 0 spiro atoms. The van der Waals surface area contributed by atoms with Crippen molar-refractivity contribution in [3.05, 3.63) is 83.3 Å². The number of nitrogens with zero attached hydrogens (tertiary/aromatic N) is 3. The molecule has 2 unspecified atom stereocenters. The molecule has 3 aliphatic rings. The minimum atomic E-state index is -3.56. The van der Waals surface area contributed by atoms with Crippen LogP contribution in [0.15, 0.2) is 66.1 Å². The second-order valence-corrected chi connectivity index (χ2v) is 12.3. The van der Waals surface area contributed by atoms with Crippen LogP contribution in [-0.2, 0) is 29.9 Å². The number of hydrogen-bond acceptors (Lipinski definition) is 4. The Morgan fingerprint density at radius 2 is 1.89 bits per heavy atom. The molecular weight excluding hydrogens is 456 g/mol. The summed E-state index contributed by atoms with van der Waals surface area (Å²) >= 11 is 0. The number of aromatic nitrogens is 2. The van der Waals surface area contributed by atoms with Gasteiger partial charge in [0.1, 0.15) is 0 Å². The molecule has 1 aromatic heterocycles. The highest BCUT2D eigenvalue weighted by Crippen LogP contribution is 2.43. The van der Waals surface area contributed by atoms with Crippen LogP contribution in [0.2, 0.25) is 0 Å². The molecule has 2 aliphatic carbocycles. The predicted molar refractivity (Wildman–Crippen MR) is 137 cm³/mol. The van der Waals surface area contributed by atoms with E-state index in [4.69, 9.17) is 0 Å². The van der Waals surface area contributed by atoms with E-state index in [1.165, 1.54) is 54.5 Å². The number of nitrogens with one attached hydrogen (secondary N) is 1. The lowest BCUT2D eigenvalue weighted by Gasteiger charge is -2.46. The molecule has 6 rings (SSSR count). The molecule has 6 nitrogen and oxygen atoms in total. The Balaban J connectivity index is 1.19. The van der Waals surface area contributed by atoms with Gasteiger partial charge in [-0.2, -0.15) is 0 Å². The standard InChI is InChI=1S/C28H34N4O2S/c1-31-18-28(29-19-31)35(33,34)30-24-15-23(16-24)22-9-8-21-10-11-27(32-12-5-13-32)26(25(21)17-22)14-20-6-3-2-4-7-20/h2-4,6-9,17-19,23-24,26-27,30H,5,10-16H2,1H3. The van der Waals surface area contributed by atoms with E-state index >= 15 is 0 Å². The fourth-order valence-corrected chi connectivity index (χ4v) is 7.41. The number of aryl methyl sites for hydroxylation is 2. The number of imidazole rings is 1. The number of hydrogen-bond donors (Lipinski definition) is 1. The molecule has 3 aromatic rings. The Hall–Kier alpha value is -2.48. The Bertz CT molecular complexity index is 1290. The van der Waals surface area contributed by atoms with Crippen molar-refractivity contribution >= 4 is 10.0 Å². The smallest absolute Gasteiger partial charge is 0.259 e. The van der Waals surface area contributed by atoms with Crippen LogP contribution in [0.1, 0.15) is 59.8 Å². The average molecular weight is 491 g/mol. The molecule has 2 atom stereocenters. The summed E-state index contributed by atoms with van der Waals surface area (Å²) in [6, 6.07) is 18.6. The molecule has 184 valence electrons. The van der Waals surface area contributed by atoms with Gasteiger partial charge in [0.15, 0.2) is 5.03 Å². The molecule has 1 N–H and O–H groups in total. The number of rotatable bonds is 7. The van der Waals surface area contributed by atoms with Crippen LogP contribution >= 0.6 is 0 Å². The van der Waals surface area contributed by atoms with Crippen molar-refractivity contribution in [1.82, 2.24) is 19.2 Å². The summed E-state index contributed by atoms with van der Waals surface area (Å²) in [6.07, 6.45) is 9.53.